The van der Waals surface area contributed by atoms with Crippen LogP contribution in [0.25, 0.3) is 0 Å². The molecule has 0 aliphatic heterocycles. The zero-order valence-corrected chi connectivity index (χ0v) is 10.8. The van der Waals surface area contributed by atoms with Gasteiger partial charge in [0.1, 0.15) is 5.75 Å². The van der Waals surface area contributed by atoms with E-state index in [1.807, 2.05) is 0 Å². The van der Waals surface area contributed by atoms with Crippen LogP contribution >= 0.6 is 0 Å². The van der Waals surface area contributed by atoms with E-state index in [0.717, 1.165) is 12.8 Å². The average molecular weight is 249 g/mol. The Hall–Kier alpha value is -1.55. The van der Waals surface area contributed by atoms with Gasteiger partial charge in [-0.2, -0.15) is 0 Å². The highest BCUT2D eigenvalue weighted by molar-refractivity contribution is 5.94. The first-order valence-electron chi connectivity index (χ1n) is 6.19. The van der Waals surface area contributed by atoms with E-state index in [0.29, 0.717) is 23.8 Å². The molecule has 1 aromatic carbocycles. The Bertz CT molecular complexity index is 429. The predicted octanol–water partition coefficient (Wildman–Crippen LogP) is 1.54. The normalized spacial score (nSPS) is 16.2. The number of benzene rings is 1. The van der Waals surface area contributed by atoms with Crippen molar-refractivity contribution in [2.45, 2.75) is 18.9 Å². The molecular formula is C14H19NO3. The lowest BCUT2D eigenvalue weighted by molar-refractivity contribution is 0.0645. The molecule has 0 spiro atoms. The molecule has 1 unspecified atom stereocenters. The monoisotopic (exact) mass is 249 g/mol. The quantitative estimate of drug-likeness (QED) is 0.861. The number of methoxy groups -OCH3 is 1. The van der Waals surface area contributed by atoms with Gasteiger partial charge in [-0.1, -0.05) is 6.07 Å². The Balaban J connectivity index is 2.00. The fourth-order valence-electron chi connectivity index (χ4n) is 1.97. The Morgan fingerprint density at radius 3 is 2.89 bits per heavy atom. The van der Waals surface area contributed by atoms with E-state index in [4.69, 9.17) is 4.74 Å². The SMILES string of the molecule is COc1cccc(C(=O)N(C)CC(O)C2CC2)c1. The van der Waals surface area contributed by atoms with Crippen molar-refractivity contribution in [3.8, 4) is 5.75 Å². The van der Waals surface area contributed by atoms with E-state index in [2.05, 4.69) is 0 Å². The Morgan fingerprint density at radius 2 is 2.28 bits per heavy atom. The molecule has 0 bridgehead atoms. The molecule has 1 N–H and O–H groups in total. The molecule has 18 heavy (non-hydrogen) atoms. The largest absolute Gasteiger partial charge is 0.497 e. The molecule has 98 valence electrons. The average Bonchev–Trinajstić information content (AvgIpc) is 3.22. The number of hydrogen-bond donors (Lipinski definition) is 1. The molecule has 1 amide bonds. The summed E-state index contributed by atoms with van der Waals surface area (Å²) in [6.45, 7) is 0.390. The molecule has 0 saturated heterocycles. The van der Waals surface area contributed by atoms with Crippen LogP contribution in [0.15, 0.2) is 24.3 Å². The zero-order chi connectivity index (χ0) is 13.1. The molecule has 1 aromatic rings. The fraction of sp³-hybridized carbons (Fsp3) is 0.500. The fourth-order valence-corrected chi connectivity index (χ4v) is 1.97. The first-order chi connectivity index (χ1) is 8.61. The Labute approximate surface area is 107 Å². The maximum atomic E-state index is 12.2. The molecule has 1 aliphatic carbocycles. The summed E-state index contributed by atoms with van der Waals surface area (Å²) >= 11 is 0. The second-order valence-corrected chi connectivity index (χ2v) is 4.82. The minimum Gasteiger partial charge on any atom is -0.497 e. The number of hydrogen-bond acceptors (Lipinski definition) is 3. The topological polar surface area (TPSA) is 49.8 Å². The summed E-state index contributed by atoms with van der Waals surface area (Å²) in [5, 5.41) is 9.84. The molecule has 1 fully saturated rings. The highest BCUT2D eigenvalue weighted by atomic mass is 16.5. The van der Waals surface area contributed by atoms with Crippen molar-refractivity contribution in [3.05, 3.63) is 29.8 Å². The third-order valence-corrected chi connectivity index (χ3v) is 3.29. The lowest BCUT2D eigenvalue weighted by Crippen LogP contribution is -2.35. The number of nitrogens with zero attached hydrogens (tertiary/aromatic N) is 1. The van der Waals surface area contributed by atoms with Crippen LogP contribution in [0.3, 0.4) is 0 Å². The van der Waals surface area contributed by atoms with Gasteiger partial charge < -0.3 is 14.7 Å². The van der Waals surface area contributed by atoms with Gasteiger partial charge in [-0.05, 0) is 37.0 Å². The van der Waals surface area contributed by atoms with Gasteiger partial charge in [0.25, 0.3) is 5.91 Å². The van der Waals surface area contributed by atoms with Crippen molar-refractivity contribution < 1.29 is 14.6 Å². The van der Waals surface area contributed by atoms with Crippen molar-refractivity contribution in [2.24, 2.45) is 5.92 Å². The second kappa shape index (κ2) is 5.40. The van der Waals surface area contributed by atoms with Gasteiger partial charge >= 0.3 is 0 Å². The van der Waals surface area contributed by atoms with Gasteiger partial charge in [-0.3, -0.25) is 4.79 Å². The third-order valence-electron chi connectivity index (χ3n) is 3.29. The molecule has 4 nitrogen and oxygen atoms in total. The third kappa shape index (κ3) is 3.01. The summed E-state index contributed by atoms with van der Waals surface area (Å²) in [4.78, 5) is 13.7. The Kier molecular flexibility index (Phi) is 3.87. The number of ether oxygens (including phenoxy) is 1. The molecule has 0 aromatic heterocycles. The lowest BCUT2D eigenvalue weighted by atomic mass is 10.1. The first kappa shape index (κ1) is 12.9. The number of aliphatic hydroxyl groups is 1. The molecule has 4 heteroatoms. The minimum absolute atomic E-state index is 0.0893. The minimum atomic E-state index is -0.399. The Morgan fingerprint density at radius 1 is 1.56 bits per heavy atom. The number of amides is 1. The van der Waals surface area contributed by atoms with Crippen molar-refractivity contribution in [2.75, 3.05) is 20.7 Å². The van der Waals surface area contributed by atoms with Crippen LogP contribution in [-0.2, 0) is 0 Å². The van der Waals surface area contributed by atoms with Crippen LogP contribution in [0.1, 0.15) is 23.2 Å². The van der Waals surface area contributed by atoms with E-state index < -0.39 is 6.10 Å². The summed E-state index contributed by atoms with van der Waals surface area (Å²) in [5.41, 5.74) is 0.583. The van der Waals surface area contributed by atoms with Gasteiger partial charge in [0.2, 0.25) is 0 Å². The van der Waals surface area contributed by atoms with Crippen molar-refractivity contribution in [1.29, 1.82) is 0 Å². The number of aliphatic hydroxyl groups excluding tert-OH is 1. The van der Waals surface area contributed by atoms with Crippen LogP contribution in [0.5, 0.6) is 5.75 Å². The van der Waals surface area contributed by atoms with Gasteiger partial charge in [-0.15, -0.1) is 0 Å². The van der Waals surface area contributed by atoms with Gasteiger partial charge in [0.05, 0.1) is 13.2 Å². The molecule has 0 heterocycles. The van der Waals surface area contributed by atoms with E-state index in [9.17, 15) is 9.90 Å². The van der Waals surface area contributed by atoms with E-state index >= 15 is 0 Å². The molecule has 1 atom stereocenters. The maximum Gasteiger partial charge on any atom is 0.253 e. The van der Waals surface area contributed by atoms with Crippen molar-refractivity contribution in [3.63, 3.8) is 0 Å². The summed E-state index contributed by atoms with van der Waals surface area (Å²) in [6.07, 6.45) is 1.75. The highest BCUT2D eigenvalue weighted by Gasteiger charge is 2.31. The first-order valence-corrected chi connectivity index (χ1v) is 6.19. The number of likely N-dealkylation sites (N-methyl/N-ethyl adjacent to an activating group) is 1. The van der Waals surface area contributed by atoms with E-state index in [-0.39, 0.29) is 5.91 Å². The second-order valence-electron chi connectivity index (χ2n) is 4.82. The van der Waals surface area contributed by atoms with Gasteiger partial charge in [0, 0.05) is 19.2 Å². The summed E-state index contributed by atoms with van der Waals surface area (Å²) < 4.78 is 5.09. The van der Waals surface area contributed by atoms with Crippen LogP contribution in [0.4, 0.5) is 0 Å². The number of carbonyl (C=O) groups excluding carboxylic acids is 1. The van der Waals surface area contributed by atoms with E-state index in [1.54, 1.807) is 43.3 Å². The summed E-state index contributed by atoms with van der Waals surface area (Å²) in [7, 11) is 3.29. The standard InChI is InChI=1S/C14H19NO3/c1-15(9-13(16)10-6-7-10)14(17)11-4-3-5-12(8-11)18-2/h3-5,8,10,13,16H,6-7,9H2,1-2H3. The van der Waals surface area contributed by atoms with Crippen molar-refractivity contribution >= 4 is 5.91 Å². The molecule has 1 aliphatic rings. The highest BCUT2D eigenvalue weighted by Crippen LogP contribution is 2.32. The van der Waals surface area contributed by atoms with Crippen molar-refractivity contribution in [1.82, 2.24) is 4.90 Å². The smallest absolute Gasteiger partial charge is 0.253 e. The van der Waals surface area contributed by atoms with Crippen LogP contribution in [-0.4, -0.2) is 42.7 Å². The van der Waals surface area contributed by atoms with Crippen LogP contribution < -0.4 is 4.74 Å². The van der Waals surface area contributed by atoms with Gasteiger partial charge in [0.15, 0.2) is 0 Å². The molecule has 2 rings (SSSR count). The molecule has 1 saturated carbocycles. The van der Waals surface area contributed by atoms with E-state index in [1.165, 1.54) is 0 Å². The van der Waals surface area contributed by atoms with Gasteiger partial charge in [-0.25, -0.2) is 0 Å². The number of rotatable bonds is 5. The maximum absolute atomic E-state index is 12.2. The van der Waals surface area contributed by atoms with Crippen LogP contribution in [0, 0.1) is 5.92 Å². The van der Waals surface area contributed by atoms with Crippen LogP contribution in [0.2, 0.25) is 0 Å². The summed E-state index contributed by atoms with van der Waals surface area (Å²) in [6, 6.07) is 7.06. The molecular weight excluding hydrogens is 230 g/mol. The zero-order valence-electron chi connectivity index (χ0n) is 10.8. The predicted molar refractivity (Wildman–Crippen MR) is 68.7 cm³/mol. The number of carbonyl (C=O) groups is 1. The lowest BCUT2D eigenvalue weighted by Gasteiger charge is -2.21. The molecule has 0 radical (unpaired) electrons. The summed E-state index contributed by atoms with van der Waals surface area (Å²) in [5.74, 6) is 0.955.